The van der Waals surface area contributed by atoms with Crippen LogP contribution in [0.25, 0.3) is 0 Å². The van der Waals surface area contributed by atoms with Crippen LogP contribution in [-0.2, 0) is 16.1 Å². The zero-order chi connectivity index (χ0) is 15.4. The Morgan fingerprint density at radius 2 is 1.91 bits per heavy atom. The number of ether oxygens (including phenoxy) is 1. The molecule has 0 aromatic carbocycles. The second-order valence-corrected chi connectivity index (χ2v) is 5.71. The number of carbonyl (C=O) groups is 1. The quantitative estimate of drug-likeness (QED) is 0.789. The second-order valence-electron chi connectivity index (χ2n) is 5.71. The summed E-state index contributed by atoms with van der Waals surface area (Å²) in [6, 6.07) is 1.60. The molecule has 0 saturated carbocycles. The van der Waals surface area contributed by atoms with E-state index in [0.717, 1.165) is 44.7 Å². The van der Waals surface area contributed by atoms with Gasteiger partial charge >= 0.3 is 0 Å². The Balaban J connectivity index is 1.59. The van der Waals surface area contributed by atoms with Gasteiger partial charge in [-0.2, -0.15) is 5.10 Å². The molecule has 0 N–H and O–H groups in total. The standard InChI is InChI=1S/C15H22N4O3/c20-14(18-4-1-2-5-18)3-6-19-15(21)11-13(12-16-19)17-7-9-22-10-8-17/h11-12H,1-10H2. The first-order valence-electron chi connectivity index (χ1n) is 7.92. The van der Waals surface area contributed by atoms with Gasteiger partial charge in [0.15, 0.2) is 0 Å². The van der Waals surface area contributed by atoms with Gasteiger partial charge in [-0.3, -0.25) is 9.59 Å². The van der Waals surface area contributed by atoms with Crippen molar-refractivity contribution < 1.29 is 9.53 Å². The van der Waals surface area contributed by atoms with Gasteiger partial charge in [-0.1, -0.05) is 0 Å². The Morgan fingerprint density at radius 1 is 1.18 bits per heavy atom. The van der Waals surface area contributed by atoms with Crippen molar-refractivity contribution in [1.29, 1.82) is 0 Å². The average Bonchev–Trinajstić information content (AvgIpc) is 3.09. The summed E-state index contributed by atoms with van der Waals surface area (Å²) in [7, 11) is 0. The van der Waals surface area contributed by atoms with E-state index in [-0.39, 0.29) is 11.5 Å². The predicted molar refractivity (Wildman–Crippen MR) is 82.0 cm³/mol. The number of aryl methyl sites for hydroxylation is 1. The Hall–Kier alpha value is -1.89. The van der Waals surface area contributed by atoms with E-state index in [9.17, 15) is 9.59 Å². The lowest BCUT2D eigenvalue weighted by Crippen LogP contribution is -2.37. The minimum absolute atomic E-state index is 0.114. The highest BCUT2D eigenvalue weighted by atomic mass is 16.5. The fourth-order valence-corrected chi connectivity index (χ4v) is 2.91. The van der Waals surface area contributed by atoms with Gasteiger partial charge in [0, 0.05) is 38.7 Å². The number of anilines is 1. The lowest BCUT2D eigenvalue weighted by molar-refractivity contribution is -0.130. The van der Waals surface area contributed by atoms with Gasteiger partial charge in [-0.05, 0) is 12.8 Å². The summed E-state index contributed by atoms with van der Waals surface area (Å²) in [6.07, 6.45) is 4.20. The molecule has 0 bridgehead atoms. The lowest BCUT2D eigenvalue weighted by atomic mass is 10.3. The van der Waals surface area contributed by atoms with Gasteiger partial charge in [0.25, 0.3) is 5.56 Å². The monoisotopic (exact) mass is 306 g/mol. The molecule has 3 rings (SSSR count). The smallest absolute Gasteiger partial charge is 0.268 e. The van der Waals surface area contributed by atoms with E-state index in [2.05, 4.69) is 10.00 Å². The van der Waals surface area contributed by atoms with Gasteiger partial charge in [0.05, 0.1) is 31.6 Å². The minimum Gasteiger partial charge on any atom is -0.378 e. The van der Waals surface area contributed by atoms with Gasteiger partial charge in [0.1, 0.15) is 0 Å². The van der Waals surface area contributed by atoms with Crippen LogP contribution in [0.2, 0.25) is 0 Å². The SMILES string of the molecule is O=C(CCn1ncc(N2CCOCC2)cc1=O)N1CCCC1. The molecule has 7 heteroatoms. The lowest BCUT2D eigenvalue weighted by Gasteiger charge is -2.28. The third-order valence-corrected chi connectivity index (χ3v) is 4.23. The van der Waals surface area contributed by atoms with Crippen molar-refractivity contribution in [2.45, 2.75) is 25.8 Å². The predicted octanol–water partition coefficient (Wildman–Crippen LogP) is 0.0924. The number of rotatable bonds is 4. The van der Waals surface area contributed by atoms with E-state index < -0.39 is 0 Å². The van der Waals surface area contributed by atoms with E-state index in [1.807, 2.05) is 4.90 Å². The summed E-state index contributed by atoms with van der Waals surface area (Å²) in [5.74, 6) is 0.114. The third-order valence-electron chi connectivity index (χ3n) is 4.23. The van der Waals surface area contributed by atoms with Crippen LogP contribution in [0.5, 0.6) is 0 Å². The zero-order valence-corrected chi connectivity index (χ0v) is 12.7. The van der Waals surface area contributed by atoms with Crippen LogP contribution >= 0.6 is 0 Å². The van der Waals surface area contributed by atoms with Crippen molar-refractivity contribution in [3.8, 4) is 0 Å². The first-order valence-corrected chi connectivity index (χ1v) is 7.92. The van der Waals surface area contributed by atoms with Crippen molar-refractivity contribution in [1.82, 2.24) is 14.7 Å². The summed E-state index contributed by atoms with van der Waals surface area (Å²) >= 11 is 0. The molecule has 2 aliphatic rings. The van der Waals surface area contributed by atoms with E-state index in [0.29, 0.717) is 26.2 Å². The topological polar surface area (TPSA) is 67.7 Å². The fourth-order valence-electron chi connectivity index (χ4n) is 2.91. The number of hydrogen-bond acceptors (Lipinski definition) is 5. The van der Waals surface area contributed by atoms with Crippen LogP contribution in [0.1, 0.15) is 19.3 Å². The fraction of sp³-hybridized carbons (Fsp3) is 0.667. The number of amides is 1. The second kappa shape index (κ2) is 6.91. The first kappa shape index (κ1) is 15.0. The number of aromatic nitrogens is 2. The van der Waals surface area contributed by atoms with E-state index >= 15 is 0 Å². The molecule has 2 fully saturated rings. The number of hydrogen-bond donors (Lipinski definition) is 0. The van der Waals surface area contributed by atoms with Gasteiger partial charge in [-0.25, -0.2) is 4.68 Å². The summed E-state index contributed by atoms with van der Waals surface area (Å²) in [5, 5.41) is 4.20. The van der Waals surface area contributed by atoms with Crippen molar-refractivity contribution in [2.75, 3.05) is 44.3 Å². The normalized spacial score (nSPS) is 18.7. The molecular weight excluding hydrogens is 284 g/mol. The van der Waals surface area contributed by atoms with Crippen molar-refractivity contribution in [2.24, 2.45) is 0 Å². The molecule has 0 spiro atoms. The molecule has 2 aliphatic heterocycles. The molecule has 120 valence electrons. The minimum atomic E-state index is -0.154. The van der Waals surface area contributed by atoms with Crippen molar-refractivity contribution >= 4 is 11.6 Å². The van der Waals surface area contributed by atoms with Crippen LogP contribution in [-0.4, -0.2) is 60.0 Å². The zero-order valence-electron chi connectivity index (χ0n) is 12.7. The first-order chi connectivity index (χ1) is 10.7. The largest absolute Gasteiger partial charge is 0.378 e. The molecule has 0 unspecified atom stereocenters. The van der Waals surface area contributed by atoms with Crippen LogP contribution in [0.3, 0.4) is 0 Å². The van der Waals surface area contributed by atoms with Crippen LogP contribution in [0.4, 0.5) is 5.69 Å². The highest BCUT2D eigenvalue weighted by Crippen LogP contribution is 2.12. The van der Waals surface area contributed by atoms with Gasteiger partial charge in [-0.15, -0.1) is 0 Å². The Bertz CT molecular complexity index is 574. The van der Waals surface area contributed by atoms with E-state index in [1.54, 1.807) is 12.3 Å². The van der Waals surface area contributed by atoms with Crippen LogP contribution < -0.4 is 10.5 Å². The highest BCUT2D eigenvalue weighted by Gasteiger charge is 2.18. The summed E-state index contributed by atoms with van der Waals surface area (Å²) in [5.41, 5.74) is 0.675. The highest BCUT2D eigenvalue weighted by molar-refractivity contribution is 5.76. The molecular formula is C15H22N4O3. The van der Waals surface area contributed by atoms with Gasteiger partial charge in [0.2, 0.25) is 5.91 Å². The molecule has 0 atom stereocenters. The summed E-state index contributed by atoms with van der Waals surface area (Å²) < 4.78 is 6.67. The third kappa shape index (κ3) is 3.47. The maximum Gasteiger partial charge on any atom is 0.268 e. The molecule has 2 saturated heterocycles. The average molecular weight is 306 g/mol. The van der Waals surface area contributed by atoms with Crippen molar-refractivity contribution in [3.05, 3.63) is 22.6 Å². The maximum atomic E-state index is 12.1. The Morgan fingerprint density at radius 3 is 2.59 bits per heavy atom. The molecule has 7 nitrogen and oxygen atoms in total. The number of nitrogens with zero attached hydrogens (tertiary/aromatic N) is 4. The van der Waals surface area contributed by atoms with Gasteiger partial charge < -0.3 is 14.5 Å². The molecule has 0 radical (unpaired) electrons. The molecule has 3 heterocycles. The number of likely N-dealkylation sites (tertiary alicyclic amines) is 1. The molecule has 1 amide bonds. The number of carbonyl (C=O) groups excluding carboxylic acids is 1. The maximum absolute atomic E-state index is 12.1. The van der Waals surface area contributed by atoms with E-state index in [1.165, 1.54) is 4.68 Å². The van der Waals surface area contributed by atoms with Crippen LogP contribution in [0.15, 0.2) is 17.1 Å². The van der Waals surface area contributed by atoms with Crippen LogP contribution in [0, 0.1) is 0 Å². The summed E-state index contributed by atoms with van der Waals surface area (Å²) in [6.45, 7) is 4.93. The molecule has 22 heavy (non-hydrogen) atoms. The number of morpholine rings is 1. The molecule has 1 aromatic heterocycles. The Labute approximate surface area is 129 Å². The molecule has 0 aliphatic carbocycles. The Kier molecular flexibility index (Phi) is 4.72. The molecule has 1 aromatic rings. The van der Waals surface area contributed by atoms with Crippen molar-refractivity contribution in [3.63, 3.8) is 0 Å². The summed E-state index contributed by atoms with van der Waals surface area (Å²) in [4.78, 5) is 28.1. The van der Waals surface area contributed by atoms with E-state index in [4.69, 9.17) is 4.74 Å².